The van der Waals surface area contributed by atoms with Crippen LogP contribution in [0.5, 0.6) is 0 Å². The second-order valence-electron chi connectivity index (χ2n) is 6.60. The van der Waals surface area contributed by atoms with E-state index in [1.54, 1.807) is 0 Å². The van der Waals surface area contributed by atoms with E-state index < -0.39 is 0 Å². The molecule has 4 nitrogen and oxygen atoms in total. The van der Waals surface area contributed by atoms with E-state index in [1.165, 1.54) is 0 Å². The van der Waals surface area contributed by atoms with E-state index >= 15 is 0 Å². The number of hydrogen-bond acceptors (Lipinski definition) is 3. The normalized spacial score (nSPS) is 25.0. The maximum absolute atomic E-state index is 12.8. The van der Waals surface area contributed by atoms with Gasteiger partial charge in [0.25, 0.3) is 0 Å². The molecule has 0 aliphatic carbocycles. The van der Waals surface area contributed by atoms with E-state index in [2.05, 4.69) is 23.2 Å². The third kappa shape index (κ3) is 4.11. The highest BCUT2D eigenvalue weighted by molar-refractivity contribution is 6.30. The van der Waals surface area contributed by atoms with Gasteiger partial charge in [0.2, 0.25) is 5.91 Å². The number of piperazine rings is 1. The molecule has 1 atom stereocenters. The summed E-state index contributed by atoms with van der Waals surface area (Å²) in [5, 5.41) is 4.12. The molecule has 1 aromatic rings. The number of benzene rings is 1. The van der Waals surface area contributed by atoms with Gasteiger partial charge in [-0.05, 0) is 44.5 Å². The summed E-state index contributed by atoms with van der Waals surface area (Å²) in [6.45, 7) is 7.27. The van der Waals surface area contributed by atoms with Gasteiger partial charge in [-0.3, -0.25) is 4.79 Å². The van der Waals surface area contributed by atoms with Gasteiger partial charge < -0.3 is 15.1 Å². The van der Waals surface area contributed by atoms with Crippen LogP contribution in [0.15, 0.2) is 24.3 Å². The molecule has 1 unspecified atom stereocenters. The molecule has 1 aromatic carbocycles. The van der Waals surface area contributed by atoms with Crippen LogP contribution >= 0.6 is 24.0 Å². The fraction of sp³-hybridized carbons (Fsp3) is 0.588. The highest BCUT2D eigenvalue weighted by atomic mass is 35.5. The van der Waals surface area contributed by atoms with Crippen molar-refractivity contribution in [3.63, 3.8) is 0 Å². The molecule has 1 amide bonds. The molecule has 1 N–H and O–H groups in total. The topological polar surface area (TPSA) is 35.6 Å². The van der Waals surface area contributed by atoms with E-state index in [-0.39, 0.29) is 17.8 Å². The molecule has 3 rings (SSSR count). The van der Waals surface area contributed by atoms with Gasteiger partial charge in [-0.2, -0.15) is 0 Å². The number of halogens is 2. The van der Waals surface area contributed by atoms with Crippen molar-refractivity contribution >= 4 is 35.6 Å². The highest BCUT2D eigenvalue weighted by Gasteiger charge is 2.38. The molecule has 0 spiro atoms. The highest BCUT2D eigenvalue weighted by Crippen LogP contribution is 2.29. The van der Waals surface area contributed by atoms with Crippen LogP contribution < -0.4 is 10.2 Å². The number of carbonyl (C=O) groups excluding carboxylic acids is 1. The van der Waals surface area contributed by atoms with E-state index in [0.29, 0.717) is 5.91 Å². The first-order chi connectivity index (χ1) is 10.6. The molecule has 0 saturated carbocycles. The molecule has 2 heterocycles. The van der Waals surface area contributed by atoms with Crippen LogP contribution in [0.4, 0.5) is 5.69 Å². The Labute approximate surface area is 149 Å². The SMILES string of the molecule is CC1(C(=O)N2CCN(c3cccc(Cl)c3)CC2)CCCNC1.Cl. The summed E-state index contributed by atoms with van der Waals surface area (Å²) in [6, 6.07) is 7.94. The molecule has 2 aliphatic heterocycles. The van der Waals surface area contributed by atoms with Crippen LogP contribution in [0.25, 0.3) is 0 Å². The van der Waals surface area contributed by atoms with Crippen molar-refractivity contribution in [3.05, 3.63) is 29.3 Å². The Morgan fingerprint density at radius 2 is 2.00 bits per heavy atom. The predicted molar refractivity (Wildman–Crippen MR) is 97.7 cm³/mol. The molecule has 0 bridgehead atoms. The van der Waals surface area contributed by atoms with Gasteiger partial charge in [0.1, 0.15) is 0 Å². The summed E-state index contributed by atoms with van der Waals surface area (Å²) in [4.78, 5) is 17.2. The first-order valence-electron chi connectivity index (χ1n) is 8.09. The molecule has 2 fully saturated rings. The Balaban J connectivity index is 0.00000192. The molecule has 0 radical (unpaired) electrons. The van der Waals surface area contributed by atoms with Crippen molar-refractivity contribution in [3.8, 4) is 0 Å². The molecule has 2 saturated heterocycles. The Bertz CT molecular complexity index is 538. The molecular formula is C17H25Cl2N3O. The van der Waals surface area contributed by atoms with Gasteiger partial charge in [-0.25, -0.2) is 0 Å². The molecule has 23 heavy (non-hydrogen) atoms. The quantitative estimate of drug-likeness (QED) is 0.883. The average molecular weight is 358 g/mol. The Hall–Kier alpha value is -0.970. The summed E-state index contributed by atoms with van der Waals surface area (Å²) >= 11 is 6.06. The van der Waals surface area contributed by atoms with Crippen molar-refractivity contribution in [2.24, 2.45) is 5.41 Å². The number of nitrogens with one attached hydrogen (secondary N) is 1. The van der Waals surface area contributed by atoms with Crippen LogP contribution in [0.3, 0.4) is 0 Å². The number of carbonyl (C=O) groups is 1. The van der Waals surface area contributed by atoms with E-state index in [4.69, 9.17) is 11.6 Å². The minimum atomic E-state index is -0.226. The monoisotopic (exact) mass is 357 g/mol. The minimum Gasteiger partial charge on any atom is -0.368 e. The number of anilines is 1. The lowest BCUT2D eigenvalue weighted by Crippen LogP contribution is -2.55. The zero-order valence-electron chi connectivity index (χ0n) is 13.6. The van der Waals surface area contributed by atoms with Gasteiger partial charge >= 0.3 is 0 Å². The zero-order chi connectivity index (χ0) is 15.6. The number of hydrogen-bond donors (Lipinski definition) is 1. The molecule has 128 valence electrons. The standard InChI is InChI=1S/C17H24ClN3O.ClH/c1-17(6-3-7-19-13-17)16(22)21-10-8-20(9-11-21)15-5-2-4-14(18)12-15;/h2,4-5,12,19H,3,6-11,13H2,1H3;1H. The fourth-order valence-electron chi connectivity index (χ4n) is 3.46. The van der Waals surface area contributed by atoms with Crippen molar-refractivity contribution in [1.29, 1.82) is 0 Å². The van der Waals surface area contributed by atoms with Gasteiger partial charge in [0.15, 0.2) is 0 Å². The average Bonchev–Trinajstić information content (AvgIpc) is 2.55. The van der Waals surface area contributed by atoms with Crippen molar-refractivity contribution in [1.82, 2.24) is 10.2 Å². The van der Waals surface area contributed by atoms with Crippen LogP contribution in [0.2, 0.25) is 5.02 Å². The van der Waals surface area contributed by atoms with Crippen molar-refractivity contribution in [2.45, 2.75) is 19.8 Å². The first kappa shape index (κ1) is 18.4. The van der Waals surface area contributed by atoms with Gasteiger partial charge in [0.05, 0.1) is 5.41 Å². The predicted octanol–water partition coefficient (Wildman–Crippen LogP) is 2.80. The van der Waals surface area contributed by atoms with Crippen LogP contribution in [0, 0.1) is 5.41 Å². The largest absolute Gasteiger partial charge is 0.368 e. The summed E-state index contributed by atoms with van der Waals surface area (Å²) in [6.07, 6.45) is 2.08. The van der Waals surface area contributed by atoms with E-state index in [0.717, 1.165) is 62.8 Å². The molecule has 6 heteroatoms. The number of nitrogens with zero attached hydrogens (tertiary/aromatic N) is 2. The molecule has 0 aromatic heterocycles. The zero-order valence-corrected chi connectivity index (χ0v) is 15.1. The van der Waals surface area contributed by atoms with Crippen LogP contribution in [-0.4, -0.2) is 50.1 Å². The number of piperidine rings is 1. The van der Waals surface area contributed by atoms with Gasteiger partial charge in [-0.1, -0.05) is 17.7 Å². The summed E-state index contributed by atoms with van der Waals surface area (Å²) in [5.74, 6) is 0.311. The minimum absolute atomic E-state index is 0. The second-order valence-corrected chi connectivity index (χ2v) is 7.04. The maximum Gasteiger partial charge on any atom is 0.229 e. The fourth-order valence-corrected chi connectivity index (χ4v) is 3.65. The van der Waals surface area contributed by atoms with Gasteiger partial charge in [-0.15, -0.1) is 12.4 Å². The second kappa shape index (κ2) is 7.73. The Morgan fingerprint density at radius 1 is 1.26 bits per heavy atom. The summed E-state index contributed by atoms with van der Waals surface area (Å²) in [7, 11) is 0. The maximum atomic E-state index is 12.8. The van der Waals surface area contributed by atoms with Gasteiger partial charge in [0, 0.05) is 43.4 Å². The molecule has 2 aliphatic rings. The number of amides is 1. The van der Waals surface area contributed by atoms with Crippen LogP contribution in [-0.2, 0) is 4.79 Å². The smallest absolute Gasteiger partial charge is 0.229 e. The van der Waals surface area contributed by atoms with E-state index in [9.17, 15) is 4.79 Å². The Morgan fingerprint density at radius 3 is 2.61 bits per heavy atom. The third-order valence-corrected chi connectivity index (χ3v) is 5.09. The van der Waals surface area contributed by atoms with E-state index in [1.807, 2.05) is 23.1 Å². The lowest BCUT2D eigenvalue weighted by molar-refractivity contribution is -0.142. The number of rotatable bonds is 2. The lowest BCUT2D eigenvalue weighted by Gasteiger charge is -2.42. The molecular weight excluding hydrogens is 333 g/mol. The van der Waals surface area contributed by atoms with Crippen molar-refractivity contribution in [2.75, 3.05) is 44.2 Å². The Kier molecular flexibility index (Phi) is 6.18. The summed E-state index contributed by atoms with van der Waals surface area (Å²) < 4.78 is 0. The first-order valence-corrected chi connectivity index (χ1v) is 8.47. The lowest BCUT2D eigenvalue weighted by atomic mass is 9.81. The third-order valence-electron chi connectivity index (χ3n) is 4.85. The van der Waals surface area contributed by atoms with Crippen molar-refractivity contribution < 1.29 is 4.79 Å². The summed E-state index contributed by atoms with van der Waals surface area (Å²) in [5.41, 5.74) is 0.918. The van der Waals surface area contributed by atoms with Crippen LogP contribution in [0.1, 0.15) is 19.8 Å².